The minimum Gasteiger partial charge on any atom is -0.497 e. The molecule has 0 saturated heterocycles. The van der Waals surface area contributed by atoms with Crippen LogP contribution in [0.2, 0.25) is 0 Å². The largest absolute Gasteiger partial charge is 0.497 e. The Labute approximate surface area is 133 Å². The van der Waals surface area contributed by atoms with Gasteiger partial charge in [-0.25, -0.2) is 0 Å². The molecule has 1 aromatic heterocycles. The number of aromatic amines is 1. The first kappa shape index (κ1) is 16.5. The number of hydrogen-bond acceptors (Lipinski definition) is 6. The summed E-state index contributed by atoms with van der Waals surface area (Å²) in [6.07, 6.45) is 0.387. The van der Waals surface area contributed by atoms with Gasteiger partial charge in [0, 0.05) is 26.4 Å². The second-order valence-corrected chi connectivity index (χ2v) is 4.88. The summed E-state index contributed by atoms with van der Waals surface area (Å²) >= 11 is 0. The van der Waals surface area contributed by atoms with Gasteiger partial charge in [0.25, 0.3) is 5.56 Å². The van der Waals surface area contributed by atoms with Gasteiger partial charge in [-0.3, -0.25) is 14.6 Å². The molecule has 0 aliphatic carbocycles. The Morgan fingerprint density at radius 2 is 1.96 bits per heavy atom. The molecule has 1 amide bonds. The van der Waals surface area contributed by atoms with Crippen molar-refractivity contribution >= 4 is 11.9 Å². The minimum atomic E-state index is -0.294. The van der Waals surface area contributed by atoms with Gasteiger partial charge >= 0.3 is 0 Å². The van der Waals surface area contributed by atoms with Crippen LogP contribution in [0.4, 0.5) is 5.95 Å². The molecule has 0 spiro atoms. The number of carbonyl (C=O) groups excluding carboxylic acids is 1. The van der Waals surface area contributed by atoms with Crippen molar-refractivity contribution in [3.8, 4) is 5.75 Å². The van der Waals surface area contributed by atoms with Crippen molar-refractivity contribution in [2.75, 3.05) is 25.5 Å². The molecule has 0 saturated carbocycles. The van der Waals surface area contributed by atoms with Gasteiger partial charge in [-0.2, -0.15) is 0 Å². The lowest BCUT2D eigenvalue weighted by atomic mass is 10.1. The summed E-state index contributed by atoms with van der Waals surface area (Å²) in [5, 5.41) is 13.4. The molecule has 8 nitrogen and oxygen atoms in total. The standard InChI is InChI=1S/C15H19N5O3/c1-10(21)16-7-8-17-15-18-14(22)13(19-20-15)9-11-3-5-12(23-2)6-4-11/h3-6H,7-9H2,1-2H3,(H,16,21)(H2,17,18,20,22). The van der Waals surface area contributed by atoms with E-state index in [2.05, 4.69) is 25.8 Å². The number of amides is 1. The smallest absolute Gasteiger partial charge is 0.274 e. The lowest BCUT2D eigenvalue weighted by molar-refractivity contribution is -0.118. The Balaban J connectivity index is 1.95. The number of aromatic nitrogens is 3. The van der Waals surface area contributed by atoms with Crippen molar-refractivity contribution in [1.29, 1.82) is 0 Å². The highest BCUT2D eigenvalue weighted by molar-refractivity contribution is 5.72. The van der Waals surface area contributed by atoms with Gasteiger partial charge in [0.05, 0.1) is 7.11 Å². The molecule has 0 atom stereocenters. The molecular formula is C15H19N5O3. The fourth-order valence-corrected chi connectivity index (χ4v) is 1.91. The molecule has 3 N–H and O–H groups in total. The summed E-state index contributed by atoms with van der Waals surface area (Å²) in [6, 6.07) is 7.41. The van der Waals surface area contributed by atoms with Crippen LogP contribution in [-0.4, -0.2) is 41.3 Å². The van der Waals surface area contributed by atoms with E-state index in [1.807, 2.05) is 24.3 Å². The molecule has 0 radical (unpaired) electrons. The summed E-state index contributed by atoms with van der Waals surface area (Å²) in [5.74, 6) is 0.924. The number of rotatable bonds is 7. The van der Waals surface area contributed by atoms with E-state index in [0.29, 0.717) is 25.2 Å². The van der Waals surface area contributed by atoms with Crippen LogP contribution in [0.3, 0.4) is 0 Å². The Bertz CT molecular complexity index is 712. The monoisotopic (exact) mass is 317 g/mol. The number of anilines is 1. The molecule has 122 valence electrons. The summed E-state index contributed by atoms with van der Waals surface area (Å²) in [6.45, 7) is 2.32. The van der Waals surface area contributed by atoms with Gasteiger partial charge in [0.1, 0.15) is 11.4 Å². The number of hydrogen-bond donors (Lipinski definition) is 3. The molecule has 0 unspecified atom stereocenters. The van der Waals surface area contributed by atoms with Crippen LogP contribution < -0.4 is 20.9 Å². The van der Waals surface area contributed by atoms with Gasteiger partial charge in [-0.1, -0.05) is 12.1 Å². The number of H-pyrrole nitrogens is 1. The number of nitrogens with zero attached hydrogens (tertiary/aromatic N) is 2. The van der Waals surface area contributed by atoms with Crippen LogP contribution in [0.15, 0.2) is 29.1 Å². The molecule has 0 aliphatic heterocycles. The second-order valence-electron chi connectivity index (χ2n) is 4.88. The van der Waals surface area contributed by atoms with Gasteiger partial charge in [-0.15, -0.1) is 10.2 Å². The van der Waals surface area contributed by atoms with Crippen molar-refractivity contribution in [3.05, 3.63) is 45.9 Å². The van der Waals surface area contributed by atoms with Crippen LogP contribution in [0, 0.1) is 0 Å². The van der Waals surface area contributed by atoms with E-state index in [0.717, 1.165) is 11.3 Å². The lowest BCUT2D eigenvalue weighted by Gasteiger charge is -2.06. The highest BCUT2D eigenvalue weighted by Gasteiger charge is 2.06. The third-order valence-corrected chi connectivity index (χ3v) is 3.09. The predicted octanol–water partition coefficient (Wildman–Crippen LogP) is 0.312. The van der Waals surface area contributed by atoms with Crippen molar-refractivity contribution in [2.45, 2.75) is 13.3 Å². The third-order valence-electron chi connectivity index (χ3n) is 3.09. The Morgan fingerprint density at radius 3 is 2.57 bits per heavy atom. The Hall–Kier alpha value is -2.90. The molecule has 0 aliphatic rings. The number of nitrogens with one attached hydrogen (secondary N) is 3. The molecule has 23 heavy (non-hydrogen) atoms. The van der Waals surface area contributed by atoms with Gasteiger partial charge < -0.3 is 15.4 Å². The topological polar surface area (TPSA) is 109 Å². The average molecular weight is 317 g/mol. The second kappa shape index (κ2) is 7.92. The molecule has 2 aromatic rings. The Kier molecular flexibility index (Phi) is 5.67. The zero-order chi connectivity index (χ0) is 16.7. The number of ether oxygens (including phenoxy) is 1. The molecule has 2 rings (SSSR count). The van der Waals surface area contributed by atoms with Crippen LogP contribution >= 0.6 is 0 Å². The molecule has 0 bridgehead atoms. The van der Waals surface area contributed by atoms with Crippen molar-refractivity contribution in [1.82, 2.24) is 20.5 Å². The lowest BCUT2D eigenvalue weighted by Crippen LogP contribution is -2.28. The first-order chi connectivity index (χ1) is 11.1. The third kappa shape index (κ3) is 5.10. The number of methoxy groups -OCH3 is 1. The summed E-state index contributed by atoms with van der Waals surface area (Å²) in [5.41, 5.74) is 0.984. The van der Waals surface area contributed by atoms with E-state index in [9.17, 15) is 9.59 Å². The molecule has 8 heteroatoms. The predicted molar refractivity (Wildman–Crippen MR) is 85.6 cm³/mol. The highest BCUT2D eigenvalue weighted by Crippen LogP contribution is 2.12. The van der Waals surface area contributed by atoms with E-state index in [-0.39, 0.29) is 17.4 Å². The first-order valence-electron chi connectivity index (χ1n) is 7.15. The molecule has 1 heterocycles. The Morgan fingerprint density at radius 1 is 1.22 bits per heavy atom. The normalized spacial score (nSPS) is 10.2. The van der Waals surface area contributed by atoms with Crippen LogP contribution in [0.25, 0.3) is 0 Å². The highest BCUT2D eigenvalue weighted by atomic mass is 16.5. The van der Waals surface area contributed by atoms with E-state index >= 15 is 0 Å². The van der Waals surface area contributed by atoms with Gasteiger partial charge in [0.2, 0.25) is 11.9 Å². The van der Waals surface area contributed by atoms with Crippen LogP contribution in [-0.2, 0) is 11.2 Å². The fraction of sp³-hybridized carbons (Fsp3) is 0.333. The zero-order valence-corrected chi connectivity index (χ0v) is 13.0. The fourth-order valence-electron chi connectivity index (χ4n) is 1.91. The maximum absolute atomic E-state index is 12.0. The van der Waals surface area contributed by atoms with Gasteiger partial charge in [0.15, 0.2) is 0 Å². The summed E-state index contributed by atoms with van der Waals surface area (Å²) < 4.78 is 5.09. The van der Waals surface area contributed by atoms with Crippen LogP contribution in [0.5, 0.6) is 5.75 Å². The van der Waals surface area contributed by atoms with Crippen molar-refractivity contribution in [3.63, 3.8) is 0 Å². The van der Waals surface area contributed by atoms with E-state index in [4.69, 9.17) is 4.74 Å². The van der Waals surface area contributed by atoms with Crippen molar-refractivity contribution < 1.29 is 9.53 Å². The van der Waals surface area contributed by atoms with Gasteiger partial charge in [-0.05, 0) is 17.7 Å². The first-order valence-corrected chi connectivity index (χ1v) is 7.15. The van der Waals surface area contributed by atoms with Crippen molar-refractivity contribution in [2.24, 2.45) is 0 Å². The maximum Gasteiger partial charge on any atom is 0.274 e. The zero-order valence-electron chi connectivity index (χ0n) is 13.0. The molecule has 1 aromatic carbocycles. The van der Waals surface area contributed by atoms with E-state index in [1.54, 1.807) is 7.11 Å². The molecule has 0 fully saturated rings. The molecular weight excluding hydrogens is 298 g/mol. The summed E-state index contributed by atoms with van der Waals surface area (Å²) in [7, 11) is 1.60. The van der Waals surface area contributed by atoms with E-state index < -0.39 is 0 Å². The number of benzene rings is 1. The number of carbonyl (C=O) groups is 1. The SMILES string of the molecule is COc1ccc(Cc2nnc(NCCNC(C)=O)[nH]c2=O)cc1. The quantitative estimate of drug-likeness (QED) is 0.634. The average Bonchev–Trinajstić information content (AvgIpc) is 2.54. The maximum atomic E-state index is 12.0. The van der Waals surface area contributed by atoms with E-state index in [1.165, 1.54) is 6.92 Å². The minimum absolute atomic E-state index is 0.110. The summed E-state index contributed by atoms with van der Waals surface area (Å²) in [4.78, 5) is 25.4. The van der Waals surface area contributed by atoms with Crippen LogP contribution in [0.1, 0.15) is 18.2 Å².